The maximum absolute atomic E-state index is 13.1. The lowest BCUT2D eigenvalue weighted by Crippen LogP contribution is -2.38. The summed E-state index contributed by atoms with van der Waals surface area (Å²) in [6, 6.07) is 22.2. The van der Waals surface area contributed by atoms with Gasteiger partial charge in [0.15, 0.2) is 0 Å². The second-order valence-corrected chi connectivity index (χ2v) is 10.7. The summed E-state index contributed by atoms with van der Waals surface area (Å²) in [4.78, 5) is 26.0. The molecule has 1 atom stereocenters. The van der Waals surface area contributed by atoms with Crippen molar-refractivity contribution in [3.8, 4) is 11.5 Å². The fourth-order valence-electron chi connectivity index (χ4n) is 5.07. The van der Waals surface area contributed by atoms with Crippen LogP contribution in [0.4, 0.5) is 0 Å². The Balaban J connectivity index is 1.40. The van der Waals surface area contributed by atoms with Gasteiger partial charge in [0.1, 0.15) is 23.6 Å². The topological polar surface area (TPSA) is 76.1 Å². The fourth-order valence-corrected chi connectivity index (χ4v) is 5.07. The summed E-state index contributed by atoms with van der Waals surface area (Å²) in [6.45, 7) is 6.50. The lowest BCUT2D eigenvalue weighted by atomic mass is 9.90. The summed E-state index contributed by atoms with van der Waals surface area (Å²) in [7, 11) is 1.60. The number of carboxylic acids is 1. The van der Waals surface area contributed by atoms with Crippen LogP contribution >= 0.6 is 0 Å². The molecule has 1 aliphatic rings. The molecule has 6 heteroatoms. The Hall–Kier alpha value is -3.80. The van der Waals surface area contributed by atoms with Crippen molar-refractivity contribution in [3.63, 3.8) is 0 Å². The van der Waals surface area contributed by atoms with E-state index in [-0.39, 0.29) is 24.5 Å². The van der Waals surface area contributed by atoms with Crippen molar-refractivity contribution in [2.45, 2.75) is 58.0 Å². The van der Waals surface area contributed by atoms with Gasteiger partial charge in [0.25, 0.3) is 0 Å². The number of aliphatic carboxylic acids is 1. The van der Waals surface area contributed by atoms with Gasteiger partial charge in [-0.3, -0.25) is 9.59 Å². The van der Waals surface area contributed by atoms with Gasteiger partial charge in [0, 0.05) is 19.4 Å². The highest BCUT2D eigenvalue weighted by Gasteiger charge is 2.35. The minimum absolute atomic E-state index is 0.145. The second kappa shape index (κ2) is 11.7. The van der Waals surface area contributed by atoms with E-state index in [1.54, 1.807) is 7.11 Å². The molecule has 6 nitrogen and oxygen atoms in total. The van der Waals surface area contributed by atoms with Crippen LogP contribution in [-0.2, 0) is 35.3 Å². The molecule has 38 heavy (non-hydrogen) atoms. The number of methoxy groups -OCH3 is 1. The number of fused-ring (bicyclic) bond motifs is 1. The highest BCUT2D eigenvalue weighted by molar-refractivity contribution is 5.83. The highest BCUT2D eigenvalue weighted by atomic mass is 16.5. The minimum atomic E-state index is -1.02. The Morgan fingerprint density at radius 2 is 1.76 bits per heavy atom. The van der Waals surface area contributed by atoms with Gasteiger partial charge < -0.3 is 19.5 Å². The normalized spacial score (nSPS) is 16.1. The molecule has 0 saturated heterocycles. The summed E-state index contributed by atoms with van der Waals surface area (Å²) in [5.41, 5.74) is 5.14. The molecule has 0 radical (unpaired) electrons. The van der Waals surface area contributed by atoms with E-state index in [0.717, 1.165) is 41.0 Å². The third kappa shape index (κ3) is 6.94. The zero-order valence-corrected chi connectivity index (χ0v) is 22.7. The van der Waals surface area contributed by atoms with Crippen molar-refractivity contribution < 1.29 is 24.2 Å². The average Bonchev–Trinajstić information content (AvgIpc) is 3.21. The van der Waals surface area contributed by atoms with Crippen LogP contribution in [0.1, 0.15) is 54.5 Å². The Bertz CT molecular complexity index is 1280. The van der Waals surface area contributed by atoms with Crippen LogP contribution in [0.2, 0.25) is 0 Å². The largest absolute Gasteiger partial charge is 0.497 e. The van der Waals surface area contributed by atoms with Crippen molar-refractivity contribution in [1.29, 1.82) is 0 Å². The molecular weight excluding hydrogens is 478 g/mol. The summed E-state index contributed by atoms with van der Waals surface area (Å²) in [5.74, 6) is 0.855. The molecule has 3 aromatic rings. The molecule has 1 heterocycles. The lowest BCUT2D eigenvalue weighted by Gasteiger charge is -2.24. The maximum atomic E-state index is 13.1. The molecule has 0 spiro atoms. The van der Waals surface area contributed by atoms with E-state index in [9.17, 15) is 14.7 Å². The van der Waals surface area contributed by atoms with E-state index in [1.165, 1.54) is 16.0 Å². The van der Waals surface area contributed by atoms with Gasteiger partial charge >= 0.3 is 5.97 Å². The van der Waals surface area contributed by atoms with E-state index < -0.39 is 5.97 Å². The van der Waals surface area contributed by atoms with Gasteiger partial charge in [-0.15, -0.1) is 0 Å². The van der Waals surface area contributed by atoms with E-state index >= 15 is 0 Å². The molecule has 1 aliphatic heterocycles. The van der Waals surface area contributed by atoms with Gasteiger partial charge in [0.2, 0.25) is 5.91 Å². The summed E-state index contributed by atoms with van der Waals surface area (Å²) >= 11 is 0. The molecule has 4 rings (SSSR count). The first-order chi connectivity index (χ1) is 18.1. The Morgan fingerprint density at radius 3 is 2.45 bits per heavy atom. The highest BCUT2D eigenvalue weighted by Crippen LogP contribution is 2.37. The number of hydrogen-bond donors (Lipinski definition) is 1. The van der Waals surface area contributed by atoms with E-state index in [4.69, 9.17) is 9.47 Å². The predicted octanol–water partition coefficient (Wildman–Crippen LogP) is 5.45. The van der Waals surface area contributed by atoms with E-state index in [0.29, 0.717) is 18.9 Å². The number of carbonyl (C=O) groups is 2. The Labute approximate surface area is 225 Å². The molecule has 0 aromatic heterocycles. The van der Waals surface area contributed by atoms with E-state index in [1.807, 2.05) is 42.5 Å². The number of nitrogens with zero attached hydrogens (tertiary/aromatic N) is 1. The first kappa shape index (κ1) is 27.2. The van der Waals surface area contributed by atoms with Crippen molar-refractivity contribution in [2.75, 3.05) is 20.2 Å². The first-order valence-corrected chi connectivity index (χ1v) is 13.2. The number of ether oxygens (including phenoxy) is 2. The smallest absolute Gasteiger partial charge is 0.323 e. The zero-order valence-electron chi connectivity index (χ0n) is 22.7. The molecule has 0 saturated carbocycles. The third-order valence-electron chi connectivity index (χ3n) is 7.11. The molecule has 1 N–H and O–H groups in total. The van der Waals surface area contributed by atoms with Crippen molar-refractivity contribution in [1.82, 2.24) is 4.90 Å². The van der Waals surface area contributed by atoms with Crippen LogP contribution in [-0.4, -0.2) is 47.7 Å². The maximum Gasteiger partial charge on any atom is 0.323 e. The van der Waals surface area contributed by atoms with Crippen LogP contribution in [0, 0.1) is 0 Å². The van der Waals surface area contributed by atoms with Gasteiger partial charge in [-0.25, -0.2) is 0 Å². The predicted molar refractivity (Wildman–Crippen MR) is 148 cm³/mol. The average molecular weight is 516 g/mol. The molecule has 0 aliphatic carbocycles. The zero-order chi connectivity index (χ0) is 27.3. The molecule has 0 unspecified atom stereocenters. The number of amides is 1. The minimum Gasteiger partial charge on any atom is -0.497 e. The number of rotatable bonds is 11. The quantitative estimate of drug-likeness (QED) is 0.367. The second-order valence-electron chi connectivity index (χ2n) is 10.7. The SMILES string of the molecule is COc1cccc(CCN(CC(=O)O)C(=O)Cc2ccc3c(c2)C[C@@](C)(Cc2ccc(C(C)C)cc2)O3)c1. The van der Waals surface area contributed by atoms with Gasteiger partial charge in [-0.1, -0.05) is 62.4 Å². The van der Waals surface area contributed by atoms with E-state index in [2.05, 4.69) is 45.0 Å². The monoisotopic (exact) mass is 515 g/mol. The van der Waals surface area contributed by atoms with Crippen LogP contribution in [0.5, 0.6) is 11.5 Å². The van der Waals surface area contributed by atoms with Crippen molar-refractivity contribution in [3.05, 3.63) is 94.5 Å². The molecule has 1 amide bonds. The van der Waals surface area contributed by atoms with Crippen LogP contribution < -0.4 is 9.47 Å². The van der Waals surface area contributed by atoms with Crippen LogP contribution in [0.15, 0.2) is 66.7 Å². The first-order valence-electron chi connectivity index (χ1n) is 13.2. The summed E-state index contributed by atoms with van der Waals surface area (Å²) < 4.78 is 11.6. The van der Waals surface area contributed by atoms with Gasteiger partial charge in [-0.05, 0) is 65.3 Å². The van der Waals surface area contributed by atoms with Crippen molar-refractivity contribution in [2.24, 2.45) is 0 Å². The summed E-state index contributed by atoms with van der Waals surface area (Å²) in [6.07, 6.45) is 2.24. The Kier molecular flexibility index (Phi) is 8.40. The third-order valence-corrected chi connectivity index (χ3v) is 7.11. The number of carbonyl (C=O) groups excluding carboxylic acids is 1. The molecule has 3 aromatic carbocycles. The van der Waals surface area contributed by atoms with Crippen LogP contribution in [0.3, 0.4) is 0 Å². The lowest BCUT2D eigenvalue weighted by molar-refractivity contribution is -0.144. The molecule has 200 valence electrons. The van der Waals surface area contributed by atoms with Crippen molar-refractivity contribution >= 4 is 11.9 Å². The number of benzene rings is 3. The molecular formula is C32H37NO5. The van der Waals surface area contributed by atoms with Gasteiger partial charge in [0.05, 0.1) is 13.5 Å². The Morgan fingerprint density at radius 1 is 1.03 bits per heavy atom. The molecule has 0 fully saturated rings. The standard InChI is InChI=1S/C32H37NO5/c1-22(2)26-11-8-24(9-12-26)19-32(3)20-27-16-25(10-13-29(27)38-32)18-30(34)33(21-31(35)36)15-14-23-6-5-7-28(17-23)37-4/h5-13,16-17,22H,14-15,18-21H2,1-4H3,(H,35,36)/t32-/m1/s1. The summed E-state index contributed by atoms with van der Waals surface area (Å²) in [5, 5.41) is 9.40. The number of carboxylic acid groups (broad SMARTS) is 1. The van der Waals surface area contributed by atoms with Crippen LogP contribution in [0.25, 0.3) is 0 Å². The number of hydrogen-bond acceptors (Lipinski definition) is 4. The molecule has 0 bridgehead atoms. The van der Waals surface area contributed by atoms with Gasteiger partial charge in [-0.2, -0.15) is 0 Å². The fraction of sp³-hybridized carbons (Fsp3) is 0.375.